The van der Waals surface area contributed by atoms with E-state index in [4.69, 9.17) is 32.7 Å². The highest BCUT2D eigenvalue weighted by Crippen LogP contribution is 2.41. The first-order chi connectivity index (χ1) is 23.8. The Morgan fingerprint density at radius 1 is 0.700 bits per heavy atom. The normalized spacial score (nSPS) is 18.5. The van der Waals surface area contributed by atoms with Crippen LogP contribution in [-0.2, 0) is 29.7 Å². The number of benzene rings is 1. The van der Waals surface area contributed by atoms with Crippen molar-refractivity contribution >= 4 is 79.0 Å². The van der Waals surface area contributed by atoms with Crippen LogP contribution in [0, 0.1) is 0 Å². The molecule has 1 aromatic carbocycles. The first-order valence-corrected chi connectivity index (χ1v) is 18.6. The molecule has 2 aliphatic heterocycles. The van der Waals surface area contributed by atoms with Gasteiger partial charge in [-0.05, 0) is 52.5 Å². The van der Waals surface area contributed by atoms with Crippen molar-refractivity contribution in [2.45, 2.75) is 10.5 Å². The monoisotopic (exact) mass is 768 g/mol. The summed E-state index contributed by atoms with van der Waals surface area (Å²) in [6.07, 6.45) is 4.19. The van der Waals surface area contributed by atoms with Crippen LogP contribution >= 0.6 is 23.2 Å². The van der Waals surface area contributed by atoms with Crippen LogP contribution in [0.25, 0.3) is 6.08 Å². The summed E-state index contributed by atoms with van der Waals surface area (Å²) in [7, 11) is -11.0. The van der Waals surface area contributed by atoms with E-state index < -0.39 is 36.3 Å². The molecule has 22 heteroatoms. The second-order valence-corrected chi connectivity index (χ2v) is 15.3. The number of allylic oxidation sites excluding steroid dienone is 4. The molecule has 3 aromatic rings. The summed E-state index contributed by atoms with van der Waals surface area (Å²) in [4.78, 5) is 28.9. The predicted octanol–water partition coefficient (Wildman–Crippen LogP) is 2.59. The zero-order chi connectivity index (χ0) is 35.5. The van der Waals surface area contributed by atoms with Gasteiger partial charge in [0.1, 0.15) is 0 Å². The van der Waals surface area contributed by atoms with Crippen molar-refractivity contribution in [3.8, 4) is 0 Å². The van der Waals surface area contributed by atoms with Crippen LogP contribution in [0.3, 0.4) is 0 Å². The zero-order valence-corrected chi connectivity index (χ0v) is 29.1. The lowest BCUT2D eigenvalue weighted by atomic mass is 9.99. The molecule has 2 aromatic heterocycles. The third-order valence-corrected chi connectivity index (χ3v) is 11.9. The van der Waals surface area contributed by atoms with Crippen LogP contribution in [0.1, 0.15) is 12.0 Å². The summed E-state index contributed by atoms with van der Waals surface area (Å²) in [5, 5.41) is 5.63. The Labute approximate surface area is 296 Å². The van der Waals surface area contributed by atoms with E-state index in [9.17, 15) is 25.9 Å². The molecule has 2 saturated heterocycles. The number of morpholine rings is 2. The summed E-state index contributed by atoms with van der Waals surface area (Å²) in [5.74, 6) is 0.717. The van der Waals surface area contributed by atoms with E-state index in [-0.39, 0.29) is 34.1 Å². The predicted molar refractivity (Wildman–Crippen MR) is 185 cm³/mol. The van der Waals surface area contributed by atoms with Gasteiger partial charge in [-0.15, -0.1) is 0 Å². The van der Waals surface area contributed by atoms with Crippen molar-refractivity contribution in [2.24, 2.45) is 0 Å². The molecule has 3 aliphatic rings. The molecular weight excluding hydrogens is 739 g/mol. The van der Waals surface area contributed by atoms with Gasteiger partial charge in [0.15, 0.2) is 0 Å². The van der Waals surface area contributed by atoms with E-state index in [0.717, 1.165) is 6.08 Å². The SMILES string of the molecule is O=S(=O)(O)C1(S(=O)(=O)O)CC(Nc2nc(Cl)nc(N3CCOCC3)n2)=CC=C1C=Cc1ccc(Nc2nc(Cl)nc(N3CCOCC3)n2)cc1. The highest BCUT2D eigenvalue weighted by molar-refractivity contribution is 8.05. The molecule has 18 nitrogen and oxygen atoms in total. The highest BCUT2D eigenvalue weighted by atomic mass is 35.5. The fourth-order valence-corrected chi connectivity index (χ4v) is 8.27. The molecule has 2 fully saturated rings. The molecule has 6 rings (SSSR count). The summed E-state index contributed by atoms with van der Waals surface area (Å²) < 4.78 is 79.4. The number of anilines is 5. The van der Waals surface area contributed by atoms with Gasteiger partial charge in [-0.1, -0.05) is 30.4 Å². The Morgan fingerprint density at radius 2 is 1.20 bits per heavy atom. The molecule has 0 bridgehead atoms. The number of ether oxygens (including phenoxy) is 2. The van der Waals surface area contributed by atoms with Gasteiger partial charge in [0, 0.05) is 44.0 Å². The van der Waals surface area contributed by atoms with E-state index in [1.54, 1.807) is 29.2 Å². The van der Waals surface area contributed by atoms with Crippen LogP contribution in [0.2, 0.25) is 10.6 Å². The summed E-state index contributed by atoms with van der Waals surface area (Å²) in [6, 6.07) is 6.64. The minimum Gasteiger partial charge on any atom is -0.378 e. The van der Waals surface area contributed by atoms with E-state index in [1.165, 1.54) is 18.2 Å². The number of hydrogen-bond donors (Lipinski definition) is 4. The smallest absolute Gasteiger partial charge is 0.292 e. The lowest BCUT2D eigenvalue weighted by Crippen LogP contribution is -2.49. The van der Waals surface area contributed by atoms with Gasteiger partial charge in [-0.3, -0.25) is 9.11 Å². The topological polar surface area (TPSA) is 235 Å². The largest absolute Gasteiger partial charge is 0.378 e. The number of rotatable bonds is 10. The van der Waals surface area contributed by atoms with Crippen LogP contribution in [0.4, 0.5) is 29.5 Å². The van der Waals surface area contributed by atoms with E-state index >= 15 is 0 Å². The molecule has 4 heterocycles. The molecule has 0 amide bonds. The van der Waals surface area contributed by atoms with Gasteiger partial charge in [0.25, 0.3) is 24.3 Å². The minimum atomic E-state index is -5.50. The molecule has 0 unspecified atom stereocenters. The maximum Gasteiger partial charge on any atom is 0.292 e. The van der Waals surface area contributed by atoms with Gasteiger partial charge in [0.2, 0.25) is 34.4 Å². The van der Waals surface area contributed by atoms with Crippen molar-refractivity contribution < 1.29 is 35.4 Å². The van der Waals surface area contributed by atoms with Crippen LogP contribution in [0.5, 0.6) is 0 Å². The Hall–Kier alpha value is -4.02. The molecule has 0 saturated carbocycles. The van der Waals surface area contributed by atoms with E-state index in [1.807, 2.05) is 4.90 Å². The molecule has 0 atom stereocenters. The number of nitrogens with zero attached hydrogens (tertiary/aromatic N) is 8. The van der Waals surface area contributed by atoms with E-state index in [0.29, 0.717) is 69.8 Å². The van der Waals surface area contributed by atoms with Crippen LogP contribution in [-0.4, -0.2) is 113 Å². The van der Waals surface area contributed by atoms with Gasteiger partial charge in [-0.2, -0.15) is 46.7 Å². The average molecular weight is 770 g/mol. The number of hydrogen-bond acceptors (Lipinski definition) is 16. The molecule has 0 spiro atoms. The Bertz CT molecular complexity index is 2020. The van der Waals surface area contributed by atoms with Crippen molar-refractivity contribution in [1.29, 1.82) is 0 Å². The number of nitrogens with one attached hydrogen (secondary N) is 2. The number of halogens is 2. The maximum absolute atomic E-state index is 12.8. The van der Waals surface area contributed by atoms with E-state index in [2.05, 4.69) is 40.5 Å². The quantitative estimate of drug-likeness (QED) is 0.217. The third-order valence-electron chi connectivity index (χ3n) is 7.84. The minimum absolute atomic E-state index is 0.00713. The number of aromatic nitrogens is 6. The summed E-state index contributed by atoms with van der Waals surface area (Å²) in [6.45, 7) is 4.13. The second kappa shape index (κ2) is 14.7. The third kappa shape index (κ3) is 7.97. The van der Waals surface area contributed by atoms with Crippen LogP contribution < -0.4 is 20.4 Å². The van der Waals surface area contributed by atoms with Crippen molar-refractivity contribution in [2.75, 3.05) is 73.0 Å². The fourth-order valence-electron chi connectivity index (χ4n) is 5.35. The first-order valence-electron chi connectivity index (χ1n) is 15.0. The highest BCUT2D eigenvalue weighted by Gasteiger charge is 2.58. The molecule has 266 valence electrons. The molecule has 4 N–H and O–H groups in total. The maximum atomic E-state index is 12.8. The Morgan fingerprint density at radius 3 is 1.70 bits per heavy atom. The van der Waals surface area contributed by atoms with Gasteiger partial charge in [-0.25, -0.2) is 0 Å². The molecule has 50 heavy (non-hydrogen) atoms. The lowest BCUT2D eigenvalue weighted by molar-refractivity contribution is 0.122. The Balaban J connectivity index is 1.24. The van der Waals surface area contributed by atoms with Gasteiger partial charge < -0.3 is 29.9 Å². The summed E-state index contributed by atoms with van der Waals surface area (Å²) >= 11 is 12.2. The fraction of sp³-hybridized carbons (Fsp3) is 0.357. The van der Waals surface area contributed by atoms with Gasteiger partial charge >= 0.3 is 0 Å². The van der Waals surface area contributed by atoms with Crippen LogP contribution in [0.15, 0.2) is 53.8 Å². The van der Waals surface area contributed by atoms with Crippen molar-refractivity contribution in [1.82, 2.24) is 29.9 Å². The zero-order valence-electron chi connectivity index (χ0n) is 26.0. The van der Waals surface area contributed by atoms with Crippen molar-refractivity contribution in [3.05, 3.63) is 69.9 Å². The van der Waals surface area contributed by atoms with Gasteiger partial charge in [0.05, 0.1) is 26.4 Å². The van der Waals surface area contributed by atoms with Crippen molar-refractivity contribution in [3.63, 3.8) is 0 Å². The second-order valence-electron chi connectivity index (χ2n) is 11.1. The molecule has 0 radical (unpaired) electrons. The standard InChI is InChI=1S/C28H30Cl2N10O8S2/c29-22-33-24(37-26(35-22)39-9-13-47-14-10-39)31-20-6-2-18(3-7-20)1-4-19-5-8-21(17-28(19,49(41,42)43)50(44,45)46)32-25-34-23(30)36-27(38-25)40-11-15-48-16-12-40/h1-8H,9-17H2,(H,41,42,43)(H,44,45,46)(H,31,33,35,37)(H,32,34,36,38). The molecular formula is C28H30Cl2N10O8S2. The Kier molecular flexibility index (Phi) is 10.5. The molecule has 1 aliphatic carbocycles. The first kappa shape index (κ1) is 35.8. The summed E-state index contributed by atoms with van der Waals surface area (Å²) in [5.41, 5.74) is 0.613. The average Bonchev–Trinajstić information content (AvgIpc) is 3.07. The lowest BCUT2D eigenvalue weighted by Gasteiger charge is -2.32.